The number of aryl methyl sites for hydroxylation is 1. The lowest BCUT2D eigenvalue weighted by atomic mass is 10.1. The van der Waals surface area contributed by atoms with Crippen molar-refractivity contribution in [2.24, 2.45) is 0 Å². The van der Waals surface area contributed by atoms with E-state index in [1.807, 2.05) is 30.6 Å². The maximum atomic E-state index is 12.1. The van der Waals surface area contributed by atoms with Crippen LogP contribution in [0.4, 0.5) is 5.69 Å². The van der Waals surface area contributed by atoms with Gasteiger partial charge in [-0.05, 0) is 29.9 Å². The van der Waals surface area contributed by atoms with Crippen LogP contribution in [0.5, 0.6) is 0 Å². The summed E-state index contributed by atoms with van der Waals surface area (Å²) in [6.45, 7) is 0.741. The highest BCUT2D eigenvalue weighted by molar-refractivity contribution is 7.12. The molecular weight excluding hydrogens is 256 g/mol. The Morgan fingerprint density at radius 3 is 2.63 bits per heavy atom. The van der Waals surface area contributed by atoms with E-state index in [-0.39, 0.29) is 5.91 Å². The van der Waals surface area contributed by atoms with E-state index in [0.717, 1.165) is 19.4 Å². The molecule has 0 aliphatic carbocycles. The minimum atomic E-state index is 0.0144. The van der Waals surface area contributed by atoms with Gasteiger partial charge in [0.15, 0.2) is 0 Å². The molecule has 0 bridgehead atoms. The van der Waals surface area contributed by atoms with Gasteiger partial charge in [0, 0.05) is 13.6 Å². The van der Waals surface area contributed by atoms with E-state index in [9.17, 15) is 4.79 Å². The lowest BCUT2D eigenvalue weighted by Gasteiger charge is -2.16. The summed E-state index contributed by atoms with van der Waals surface area (Å²) in [5.41, 5.74) is 7.64. The molecule has 2 rings (SSSR count). The highest BCUT2D eigenvalue weighted by Crippen LogP contribution is 2.20. The molecular formula is C15H18N2OS. The Morgan fingerprint density at radius 2 is 2.00 bits per heavy atom. The number of nitrogens with two attached hydrogens (primary N) is 1. The quantitative estimate of drug-likeness (QED) is 0.911. The SMILES string of the molecule is CN(CCCc1ccccc1)C(=O)c1sccc1N. The molecule has 0 aliphatic heterocycles. The van der Waals surface area contributed by atoms with Crippen LogP contribution in [-0.2, 0) is 6.42 Å². The predicted molar refractivity (Wildman–Crippen MR) is 80.5 cm³/mol. The van der Waals surface area contributed by atoms with Gasteiger partial charge in [-0.1, -0.05) is 30.3 Å². The summed E-state index contributed by atoms with van der Waals surface area (Å²) in [7, 11) is 1.83. The van der Waals surface area contributed by atoms with Crippen molar-refractivity contribution in [2.45, 2.75) is 12.8 Å². The van der Waals surface area contributed by atoms with Gasteiger partial charge in [-0.3, -0.25) is 4.79 Å². The van der Waals surface area contributed by atoms with Crippen molar-refractivity contribution in [3.8, 4) is 0 Å². The van der Waals surface area contributed by atoms with E-state index in [0.29, 0.717) is 10.6 Å². The summed E-state index contributed by atoms with van der Waals surface area (Å²) in [6, 6.07) is 12.1. The van der Waals surface area contributed by atoms with E-state index < -0.39 is 0 Å². The van der Waals surface area contributed by atoms with Gasteiger partial charge in [-0.2, -0.15) is 0 Å². The van der Waals surface area contributed by atoms with Gasteiger partial charge < -0.3 is 10.6 Å². The molecule has 1 aromatic carbocycles. The van der Waals surface area contributed by atoms with Gasteiger partial charge in [0.05, 0.1) is 5.69 Å². The Labute approximate surface area is 117 Å². The molecule has 0 radical (unpaired) electrons. The monoisotopic (exact) mass is 274 g/mol. The van der Waals surface area contributed by atoms with Crippen molar-refractivity contribution >= 4 is 22.9 Å². The van der Waals surface area contributed by atoms with Crippen LogP contribution in [0.1, 0.15) is 21.7 Å². The molecule has 0 aliphatic rings. The summed E-state index contributed by atoms with van der Waals surface area (Å²) in [6.07, 6.45) is 1.94. The van der Waals surface area contributed by atoms with Gasteiger partial charge in [-0.25, -0.2) is 0 Å². The molecule has 0 unspecified atom stereocenters. The zero-order chi connectivity index (χ0) is 13.7. The van der Waals surface area contributed by atoms with Crippen molar-refractivity contribution in [3.05, 3.63) is 52.2 Å². The number of amides is 1. The van der Waals surface area contributed by atoms with Crippen LogP contribution in [0.3, 0.4) is 0 Å². The van der Waals surface area contributed by atoms with Crippen molar-refractivity contribution in [1.82, 2.24) is 4.90 Å². The van der Waals surface area contributed by atoms with Crippen LogP contribution >= 0.6 is 11.3 Å². The Morgan fingerprint density at radius 1 is 1.26 bits per heavy atom. The Balaban J connectivity index is 1.83. The molecule has 2 aromatic rings. The highest BCUT2D eigenvalue weighted by Gasteiger charge is 2.15. The number of rotatable bonds is 5. The van der Waals surface area contributed by atoms with Crippen molar-refractivity contribution in [2.75, 3.05) is 19.3 Å². The Kier molecular flexibility index (Phi) is 4.58. The van der Waals surface area contributed by atoms with E-state index in [1.54, 1.807) is 11.0 Å². The summed E-state index contributed by atoms with van der Waals surface area (Å²) in [5, 5.41) is 1.85. The standard InChI is InChI=1S/C15H18N2OS/c1-17(15(18)14-13(16)9-11-19-14)10-5-8-12-6-3-2-4-7-12/h2-4,6-7,9,11H,5,8,10,16H2,1H3. The molecule has 2 N–H and O–H groups in total. The smallest absolute Gasteiger partial charge is 0.265 e. The second-order valence-corrected chi connectivity index (χ2v) is 5.44. The zero-order valence-corrected chi connectivity index (χ0v) is 11.8. The second-order valence-electron chi connectivity index (χ2n) is 4.52. The zero-order valence-electron chi connectivity index (χ0n) is 11.0. The summed E-state index contributed by atoms with van der Waals surface area (Å²) in [4.78, 5) is 14.5. The number of carbonyl (C=O) groups excluding carboxylic acids is 1. The minimum absolute atomic E-state index is 0.0144. The molecule has 100 valence electrons. The first-order valence-corrected chi connectivity index (χ1v) is 7.19. The normalized spacial score (nSPS) is 10.4. The molecule has 3 nitrogen and oxygen atoms in total. The molecule has 0 saturated heterocycles. The fourth-order valence-corrected chi connectivity index (χ4v) is 2.74. The molecule has 0 spiro atoms. The topological polar surface area (TPSA) is 46.3 Å². The van der Waals surface area contributed by atoms with Crippen molar-refractivity contribution < 1.29 is 4.79 Å². The lowest BCUT2D eigenvalue weighted by Crippen LogP contribution is -2.27. The molecule has 19 heavy (non-hydrogen) atoms. The average molecular weight is 274 g/mol. The van der Waals surface area contributed by atoms with Gasteiger partial charge in [0.2, 0.25) is 0 Å². The number of hydrogen-bond donors (Lipinski definition) is 1. The predicted octanol–water partition coefficient (Wildman–Crippen LogP) is 3.04. The van der Waals surface area contributed by atoms with Crippen LogP contribution < -0.4 is 5.73 Å². The molecule has 0 saturated carbocycles. The van der Waals surface area contributed by atoms with Gasteiger partial charge in [0.25, 0.3) is 5.91 Å². The number of carbonyl (C=O) groups is 1. The maximum Gasteiger partial charge on any atom is 0.265 e. The maximum absolute atomic E-state index is 12.1. The highest BCUT2D eigenvalue weighted by atomic mass is 32.1. The van der Waals surface area contributed by atoms with Crippen molar-refractivity contribution in [1.29, 1.82) is 0 Å². The molecule has 0 fully saturated rings. The number of hydrogen-bond acceptors (Lipinski definition) is 3. The molecule has 1 amide bonds. The summed E-state index contributed by atoms with van der Waals surface area (Å²) < 4.78 is 0. The van der Waals surface area contributed by atoms with Crippen LogP contribution in [0.15, 0.2) is 41.8 Å². The molecule has 1 aromatic heterocycles. The van der Waals surface area contributed by atoms with Gasteiger partial charge >= 0.3 is 0 Å². The third-order valence-electron chi connectivity index (χ3n) is 3.04. The number of nitrogens with zero attached hydrogens (tertiary/aromatic N) is 1. The third-order valence-corrected chi connectivity index (χ3v) is 3.96. The summed E-state index contributed by atoms with van der Waals surface area (Å²) >= 11 is 1.40. The minimum Gasteiger partial charge on any atom is -0.397 e. The first kappa shape index (κ1) is 13.6. The lowest BCUT2D eigenvalue weighted by molar-refractivity contribution is 0.0799. The fourth-order valence-electron chi connectivity index (χ4n) is 1.93. The Bertz CT molecular complexity index is 536. The van der Waals surface area contributed by atoms with Gasteiger partial charge in [0.1, 0.15) is 4.88 Å². The first-order chi connectivity index (χ1) is 9.18. The largest absolute Gasteiger partial charge is 0.397 e. The van der Waals surface area contributed by atoms with Crippen molar-refractivity contribution in [3.63, 3.8) is 0 Å². The summed E-state index contributed by atoms with van der Waals surface area (Å²) in [5.74, 6) is 0.0144. The Hall–Kier alpha value is -1.81. The van der Waals surface area contributed by atoms with Gasteiger partial charge in [-0.15, -0.1) is 11.3 Å². The molecule has 4 heteroatoms. The molecule has 1 heterocycles. The number of nitrogen functional groups attached to an aromatic ring is 1. The number of anilines is 1. The van der Waals surface area contributed by atoms with Crippen LogP contribution in [0.25, 0.3) is 0 Å². The number of thiophene rings is 1. The van der Waals surface area contributed by atoms with E-state index in [2.05, 4.69) is 12.1 Å². The molecule has 0 atom stereocenters. The van der Waals surface area contributed by atoms with Crippen LogP contribution in [-0.4, -0.2) is 24.4 Å². The van der Waals surface area contributed by atoms with E-state index >= 15 is 0 Å². The van der Waals surface area contributed by atoms with E-state index in [1.165, 1.54) is 16.9 Å². The second kappa shape index (κ2) is 6.38. The first-order valence-electron chi connectivity index (χ1n) is 6.31. The number of benzene rings is 1. The van der Waals surface area contributed by atoms with E-state index in [4.69, 9.17) is 5.73 Å². The van der Waals surface area contributed by atoms with Crippen LogP contribution in [0, 0.1) is 0 Å². The van der Waals surface area contributed by atoms with Crippen LogP contribution in [0.2, 0.25) is 0 Å². The third kappa shape index (κ3) is 3.58. The average Bonchev–Trinajstić information content (AvgIpc) is 2.85. The fraction of sp³-hybridized carbons (Fsp3) is 0.267.